The third-order valence-electron chi connectivity index (χ3n) is 6.59. The topological polar surface area (TPSA) is 121 Å². The van der Waals surface area contributed by atoms with Crippen LogP contribution in [-0.2, 0) is 0 Å². The molecule has 2 N–H and O–H groups in total. The van der Waals surface area contributed by atoms with Crippen LogP contribution in [0.5, 0.6) is 0 Å². The molecule has 6 rings (SSSR count). The van der Waals surface area contributed by atoms with Gasteiger partial charge in [0.1, 0.15) is 22.9 Å². The van der Waals surface area contributed by atoms with Gasteiger partial charge in [0, 0.05) is 42.0 Å². The van der Waals surface area contributed by atoms with Crippen LogP contribution in [0, 0.1) is 0 Å². The summed E-state index contributed by atoms with van der Waals surface area (Å²) in [6.45, 7) is 0. The van der Waals surface area contributed by atoms with Crippen LogP contribution in [0.15, 0.2) is 102 Å². The molecule has 0 spiro atoms. The number of halogens is 1. The summed E-state index contributed by atoms with van der Waals surface area (Å²) in [6, 6.07) is 27.3. The van der Waals surface area contributed by atoms with Crippen molar-refractivity contribution in [2.75, 3.05) is 19.8 Å². The molecule has 3 aromatic carbocycles. The molecule has 0 atom stereocenters. The van der Waals surface area contributed by atoms with Crippen molar-refractivity contribution in [1.82, 2.24) is 29.4 Å². The molecule has 3 heterocycles. The van der Waals surface area contributed by atoms with Crippen molar-refractivity contribution in [2.24, 2.45) is 0 Å². The highest BCUT2D eigenvalue weighted by Crippen LogP contribution is 2.30. The Hall–Kier alpha value is -5.48. The first-order valence-corrected chi connectivity index (χ1v) is 13.3. The number of hydrogen-bond acceptors (Lipinski definition) is 7. The molecule has 0 saturated carbocycles. The number of amides is 1. The number of nitrogens with two attached hydrogens (primary N) is 1. The number of anilines is 1. The monoisotopic (exact) mass is 577 g/mol. The van der Waals surface area contributed by atoms with Crippen molar-refractivity contribution in [1.29, 1.82) is 0 Å². The van der Waals surface area contributed by atoms with Crippen LogP contribution < -0.4 is 16.1 Å². The van der Waals surface area contributed by atoms with Gasteiger partial charge in [0.2, 0.25) is 0 Å². The highest BCUT2D eigenvalue weighted by molar-refractivity contribution is 6.30. The van der Waals surface area contributed by atoms with E-state index < -0.39 is 11.7 Å². The molecule has 0 unspecified atom stereocenters. The van der Waals surface area contributed by atoms with E-state index in [9.17, 15) is 9.59 Å². The minimum Gasteiger partial charge on any atom is -0.384 e. The van der Waals surface area contributed by atoms with Crippen LogP contribution in [0.4, 0.5) is 10.6 Å². The largest absolute Gasteiger partial charge is 0.435 e. The molecule has 0 aliphatic heterocycles. The molecule has 42 heavy (non-hydrogen) atoms. The molecule has 0 saturated heterocycles. The number of aromatic nitrogens is 5. The highest BCUT2D eigenvalue weighted by atomic mass is 35.5. The Balaban J connectivity index is 1.62. The molecule has 3 aromatic heterocycles. The normalized spacial score (nSPS) is 11.0. The van der Waals surface area contributed by atoms with Gasteiger partial charge in [-0.2, -0.15) is 0 Å². The number of pyridine rings is 1. The second-order valence-electron chi connectivity index (χ2n) is 9.64. The van der Waals surface area contributed by atoms with Gasteiger partial charge in [-0.3, -0.25) is 14.2 Å². The van der Waals surface area contributed by atoms with Gasteiger partial charge < -0.3 is 10.6 Å². The summed E-state index contributed by atoms with van der Waals surface area (Å²) in [5, 5.41) is 5.03. The van der Waals surface area contributed by atoms with Crippen molar-refractivity contribution in [3.8, 4) is 39.5 Å². The number of fused-ring (bicyclic) bond motifs is 1. The van der Waals surface area contributed by atoms with Crippen LogP contribution in [0.2, 0.25) is 5.02 Å². The molecule has 11 heteroatoms. The van der Waals surface area contributed by atoms with E-state index in [1.807, 2.05) is 60.7 Å². The molecule has 10 nitrogen and oxygen atoms in total. The van der Waals surface area contributed by atoms with E-state index in [4.69, 9.17) is 27.2 Å². The summed E-state index contributed by atoms with van der Waals surface area (Å²) in [4.78, 5) is 43.7. The lowest BCUT2D eigenvalue weighted by molar-refractivity contribution is 0.0973. The first-order chi connectivity index (χ1) is 20.3. The number of nitrogens with zero attached hydrogens (tertiary/aromatic N) is 6. The lowest BCUT2D eigenvalue weighted by Crippen LogP contribution is -2.33. The van der Waals surface area contributed by atoms with E-state index in [2.05, 4.69) is 10.1 Å². The molecule has 0 bridgehead atoms. The fourth-order valence-electron chi connectivity index (χ4n) is 4.46. The first kappa shape index (κ1) is 26.7. The van der Waals surface area contributed by atoms with Gasteiger partial charge >= 0.3 is 6.09 Å². The van der Waals surface area contributed by atoms with Gasteiger partial charge in [0.05, 0.1) is 5.69 Å². The zero-order valence-corrected chi connectivity index (χ0v) is 23.4. The molecular formula is C31H24ClN7O3. The van der Waals surface area contributed by atoms with Gasteiger partial charge in [-0.1, -0.05) is 71.0 Å². The highest BCUT2D eigenvalue weighted by Gasteiger charge is 2.25. The minimum atomic E-state index is -0.701. The van der Waals surface area contributed by atoms with Gasteiger partial charge in [-0.15, -0.1) is 5.10 Å². The van der Waals surface area contributed by atoms with Crippen molar-refractivity contribution in [3.63, 3.8) is 0 Å². The summed E-state index contributed by atoms with van der Waals surface area (Å²) < 4.78 is 1.45. The van der Waals surface area contributed by atoms with Gasteiger partial charge in [0.25, 0.3) is 5.56 Å². The number of carbonyl (C=O) groups excluding carboxylic acids is 1. The zero-order valence-electron chi connectivity index (χ0n) is 22.6. The smallest absolute Gasteiger partial charge is 0.384 e. The van der Waals surface area contributed by atoms with Crippen LogP contribution in [-0.4, -0.2) is 49.6 Å². The summed E-state index contributed by atoms with van der Waals surface area (Å²) in [7, 11) is 3.08. The standard InChI is InChI=1S/C31H24ClN7O3/c1-37(2)31(41)42-39-28-27(26(36-39)20-6-4-3-5-7-20)35-29(38(30(28)40)24-15-13-23(32)14-16-24)21-10-8-19(9-11-21)22-12-17-25(33)34-18-22/h3-18H,1-2H3,(H2,33,34). The number of hydrogen-bond donors (Lipinski definition) is 1. The third-order valence-corrected chi connectivity index (χ3v) is 6.84. The summed E-state index contributed by atoms with van der Waals surface area (Å²) in [5.74, 6) is 0.804. The minimum absolute atomic E-state index is 0.00678. The van der Waals surface area contributed by atoms with Crippen molar-refractivity contribution < 1.29 is 9.63 Å². The fraction of sp³-hybridized carbons (Fsp3) is 0.0645. The molecule has 6 aromatic rings. The second kappa shape index (κ2) is 10.8. The van der Waals surface area contributed by atoms with Gasteiger partial charge in [0.15, 0.2) is 5.52 Å². The maximum absolute atomic E-state index is 14.3. The van der Waals surface area contributed by atoms with Crippen LogP contribution in [0.1, 0.15) is 0 Å². The lowest BCUT2D eigenvalue weighted by atomic mass is 10.0. The van der Waals surface area contributed by atoms with Crippen molar-refractivity contribution in [2.45, 2.75) is 0 Å². The third kappa shape index (κ3) is 4.95. The average molecular weight is 578 g/mol. The maximum atomic E-state index is 14.3. The molecule has 0 aliphatic rings. The van der Waals surface area contributed by atoms with E-state index >= 15 is 0 Å². The van der Waals surface area contributed by atoms with E-state index in [1.54, 1.807) is 50.6 Å². The Morgan fingerprint density at radius 1 is 0.857 bits per heavy atom. The summed E-state index contributed by atoms with van der Waals surface area (Å²) in [6.07, 6.45) is 1.00. The molecule has 208 valence electrons. The number of benzene rings is 3. The maximum Gasteiger partial charge on any atom is 0.435 e. The van der Waals surface area contributed by atoms with Crippen molar-refractivity contribution >= 4 is 34.5 Å². The zero-order chi connectivity index (χ0) is 29.4. The molecule has 0 radical (unpaired) electrons. The van der Waals surface area contributed by atoms with Crippen molar-refractivity contribution in [3.05, 3.63) is 113 Å². The number of nitrogen functional groups attached to an aromatic ring is 1. The van der Waals surface area contributed by atoms with E-state index in [0.29, 0.717) is 39.2 Å². The Morgan fingerprint density at radius 2 is 1.52 bits per heavy atom. The SMILES string of the molecule is CN(C)C(=O)On1nc(-c2ccccc2)c2nc(-c3ccc(-c4ccc(N)nc4)cc3)n(-c3ccc(Cl)cc3)c(=O)c21. The Bertz CT molecular complexity index is 1970. The van der Waals surface area contributed by atoms with Crippen LogP contribution in [0.25, 0.3) is 50.5 Å². The number of carbonyl (C=O) groups is 1. The summed E-state index contributed by atoms with van der Waals surface area (Å²) >= 11 is 6.17. The predicted molar refractivity (Wildman–Crippen MR) is 162 cm³/mol. The fourth-order valence-corrected chi connectivity index (χ4v) is 4.59. The van der Waals surface area contributed by atoms with Gasteiger partial charge in [-0.05, 0) is 42.0 Å². The second-order valence-corrected chi connectivity index (χ2v) is 10.1. The molecule has 1 amide bonds. The van der Waals surface area contributed by atoms with E-state index in [0.717, 1.165) is 16.0 Å². The van der Waals surface area contributed by atoms with E-state index in [1.165, 1.54) is 9.47 Å². The molecule has 0 fully saturated rings. The van der Waals surface area contributed by atoms with Gasteiger partial charge in [-0.25, -0.2) is 14.8 Å². The lowest BCUT2D eigenvalue weighted by Gasteiger charge is -2.14. The summed E-state index contributed by atoms with van der Waals surface area (Å²) in [5.41, 5.74) is 9.66. The van der Waals surface area contributed by atoms with Crippen LogP contribution in [0.3, 0.4) is 0 Å². The molecule has 0 aliphatic carbocycles. The Labute approximate surface area is 245 Å². The average Bonchev–Trinajstić information content (AvgIpc) is 3.37. The Morgan fingerprint density at radius 3 is 2.17 bits per heavy atom. The molecular weight excluding hydrogens is 554 g/mol. The Kier molecular flexibility index (Phi) is 6.89. The number of rotatable bonds is 5. The van der Waals surface area contributed by atoms with E-state index in [-0.39, 0.29) is 11.0 Å². The first-order valence-electron chi connectivity index (χ1n) is 12.9. The quantitative estimate of drug-likeness (QED) is 0.294. The predicted octanol–water partition coefficient (Wildman–Crippen LogP) is 5.32. The van der Waals surface area contributed by atoms with Crippen LogP contribution >= 0.6 is 11.6 Å².